The lowest BCUT2D eigenvalue weighted by molar-refractivity contribution is -0.0248. The van der Waals surface area contributed by atoms with Crippen LogP contribution in [0.4, 0.5) is 0 Å². The van der Waals surface area contributed by atoms with Crippen LogP contribution in [0.5, 0.6) is 0 Å². The van der Waals surface area contributed by atoms with Gasteiger partial charge in [-0.1, -0.05) is 12.2 Å². The van der Waals surface area contributed by atoms with Gasteiger partial charge in [-0.2, -0.15) is 0 Å². The molecule has 4 heterocycles. The van der Waals surface area contributed by atoms with Crippen molar-refractivity contribution < 1.29 is 28.0 Å². The van der Waals surface area contributed by atoms with Crippen molar-refractivity contribution in [3.8, 4) is 0 Å². The molecule has 5 atom stereocenters. The van der Waals surface area contributed by atoms with Crippen molar-refractivity contribution in [1.29, 1.82) is 0 Å². The largest absolute Gasteiger partial charge is 0.472 e. The van der Waals surface area contributed by atoms with Gasteiger partial charge in [-0.3, -0.25) is 37.7 Å². The number of phosphoric acid groups is 1. The maximum Gasteiger partial charge on any atom is 0.472 e. The number of phosphoric ester groups is 1. The highest BCUT2D eigenvalue weighted by molar-refractivity contribution is 7.47. The van der Waals surface area contributed by atoms with Gasteiger partial charge in [0.2, 0.25) is 0 Å². The molecule has 0 aromatic carbocycles. The summed E-state index contributed by atoms with van der Waals surface area (Å²) in [5.41, 5.74) is -1.68. The number of aromatic amines is 2. The highest BCUT2D eigenvalue weighted by atomic mass is 31.2. The number of hydrogen-bond donors (Lipinski definition) is 3. The van der Waals surface area contributed by atoms with Crippen LogP contribution in [0.25, 0.3) is 0 Å². The van der Waals surface area contributed by atoms with Gasteiger partial charge in [0.25, 0.3) is 11.1 Å². The molecular formula is C20H23N4O10P. The van der Waals surface area contributed by atoms with Crippen LogP contribution >= 0.6 is 7.82 Å². The minimum Gasteiger partial charge on any atom is -0.344 e. The zero-order valence-corrected chi connectivity index (χ0v) is 19.5. The predicted octanol–water partition coefficient (Wildman–Crippen LogP) is -0.256. The normalized spacial score (nSPS) is 25.2. The van der Waals surface area contributed by atoms with Gasteiger partial charge < -0.3 is 14.4 Å². The van der Waals surface area contributed by atoms with Crippen LogP contribution in [0.15, 0.2) is 55.9 Å². The number of nitrogens with one attached hydrogen (secondary N) is 2. The van der Waals surface area contributed by atoms with Crippen LogP contribution in [0, 0.1) is 13.8 Å². The number of hydrogen-bond acceptors (Lipinski definition) is 9. The zero-order valence-electron chi connectivity index (χ0n) is 18.7. The smallest absolute Gasteiger partial charge is 0.344 e. The maximum atomic E-state index is 12.3. The molecule has 2 aliphatic rings. The van der Waals surface area contributed by atoms with Crippen LogP contribution in [-0.2, 0) is 23.1 Å². The molecule has 2 aromatic heterocycles. The van der Waals surface area contributed by atoms with Crippen molar-refractivity contribution >= 4 is 7.82 Å². The third-order valence-corrected chi connectivity index (χ3v) is 6.20. The van der Waals surface area contributed by atoms with Crippen molar-refractivity contribution in [1.82, 2.24) is 19.1 Å². The summed E-state index contributed by atoms with van der Waals surface area (Å²) in [6.07, 6.45) is 5.77. The summed E-state index contributed by atoms with van der Waals surface area (Å²) in [6.45, 7) is 2.40. The number of rotatable bonds is 8. The third-order valence-electron chi connectivity index (χ3n) is 5.25. The Kier molecular flexibility index (Phi) is 7.03. The molecule has 0 spiro atoms. The molecule has 2 unspecified atom stereocenters. The van der Waals surface area contributed by atoms with E-state index < -0.39 is 55.0 Å². The standard InChI is InChI=1S/C20H23N4O10P/c1-11-7-23(19(27)21-17(11)25)15-5-3-13(33-15)9-31-35(29,30)32-10-14-4-6-16(34-14)24-8-12(2)18(26)22-20(24)28/h3-8,13-16H,9-10H2,1-2H3,(H,29,30)(H,21,25,27)(H,22,26,28)/t13-,14+,15+,16?/m1/s1. The monoisotopic (exact) mass is 510 g/mol. The highest BCUT2D eigenvalue weighted by Crippen LogP contribution is 2.44. The van der Waals surface area contributed by atoms with Crippen molar-refractivity contribution in [3.63, 3.8) is 0 Å². The Morgan fingerprint density at radius 1 is 0.829 bits per heavy atom. The maximum absolute atomic E-state index is 12.3. The summed E-state index contributed by atoms with van der Waals surface area (Å²) in [5, 5.41) is 0. The summed E-state index contributed by atoms with van der Waals surface area (Å²) in [5.74, 6) is 0. The number of ether oxygens (including phenoxy) is 2. The van der Waals surface area contributed by atoms with Gasteiger partial charge in [0.15, 0.2) is 12.5 Å². The van der Waals surface area contributed by atoms with Gasteiger partial charge in [-0.15, -0.1) is 0 Å². The predicted molar refractivity (Wildman–Crippen MR) is 120 cm³/mol. The summed E-state index contributed by atoms with van der Waals surface area (Å²) in [6, 6.07) is 0. The van der Waals surface area contributed by atoms with E-state index >= 15 is 0 Å². The zero-order chi connectivity index (χ0) is 25.3. The lowest BCUT2D eigenvalue weighted by Gasteiger charge is -2.19. The molecule has 0 saturated carbocycles. The van der Waals surface area contributed by atoms with Crippen LogP contribution in [0.3, 0.4) is 0 Å². The number of aryl methyl sites for hydroxylation is 2. The van der Waals surface area contributed by atoms with Crippen LogP contribution in [0.1, 0.15) is 23.6 Å². The van der Waals surface area contributed by atoms with E-state index in [0.29, 0.717) is 11.1 Å². The minimum atomic E-state index is -4.49. The fourth-order valence-corrected chi connectivity index (χ4v) is 4.15. The Balaban J connectivity index is 1.26. The molecule has 2 aromatic rings. The average Bonchev–Trinajstić information content (AvgIpc) is 3.46. The van der Waals surface area contributed by atoms with Crippen molar-refractivity contribution in [3.05, 3.63) is 89.5 Å². The fourth-order valence-electron chi connectivity index (χ4n) is 3.41. The van der Waals surface area contributed by atoms with Gasteiger partial charge in [0, 0.05) is 23.5 Å². The third kappa shape index (κ3) is 5.75. The van der Waals surface area contributed by atoms with E-state index in [-0.39, 0.29) is 13.2 Å². The quantitative estimate of drug-likeness (QED) is 0.316. The van der Waals surface area contributed by atoms with Crippen molar-refractivity contribution in [2.24, 2.45) is 0 Å². The number of nitrogens with zero attached hydrogens (tertiary/aromatic N) is 2. The van der Waals surface area contributed by atoms with Gasteiger partial charge in [-0.25, -0.2) is 14.2 Å². The molecule has 0 bridgehead atoms. The van der Waals surface area contributed by atoms with E-state index in [4.69, 9.17) is 18.5 Å². The molecule has 35 heavy (non-hydrogen) atoms. The minimum absolute atomic E-state index is 0.320. The van der Waals surface area contributed by atoms with E-state index in [2.05, 4.69) is 9.97 Å². The molecule has 0 amide bonds. The lowest BCUT2D eigenvalue weighted by Crippen LogP contribution is -2.33. The lowest BCUT2D eigenvalue weighted by atomic mass is 10.3. The first kappa shape index (κ1) is 25.0. The van der Waals surface area contributed by atoms with E-state index in [0.717, 1.165) is 0 Å². The molecule has 14 nitrogen and oxygen atoms in total. The second-order valence-corrected chi connectivity index (χ2v) is 9.37. The molecule has 3 N–H and O–H groups in total. The Hall–Kier alpha value is -3.13. The van der Waals surface area contributed by atoms with Crippen LogP contribution < -0.4 is 22.5 Å². The molecular weight excluding hydrogens is 487 g/mol. The molecule has 0 saturated heterocycles. The second-order valence-electron chi connectivity index (χ2n) is 7.92. The molecule has 188 valence electrons. The SMILES string of the molecule is Cc1cn(C2C=C[C@@H](COP(=O)(O)OC[C@H]3C=C[C@@H](n4cc(C)c(=O)[nH]c4=O)O3)O2)c(=O)[nH]c1=O. The van der Waals surface area contributed by atoms with Crippen molar-refractivity contribution in [2.75, 3.05) is 13.2 Å². The summed E-state index contributed by atoms with van der Waals surface area (Å²) in [7, 11) is -4.49. The first-order valence-electron chi connectivity index (χ1n) is 10.5. The topological polar surface area (TPSA) is 184 Å². The molecule has 0 aliphatic carbocycles. The van der Waals surface area contributed by atoms with Gasteiger partial charge in [0.1, 0.15) is 12.2 Å². The van der Waals surface area contributed by atoms with E-state index in [1.807, 2.05) is 0 Å². The fraction of sp³-hybridized carbons (Fsp3) is 0.400. The molecule has 2 aliphatic heterocycles. The summed E-state index contributed by atoms with van der Waals surface area (Å²) < 4.78 is 35.8. The van der Waals surface area contributed by atoms with Gasteiger partial charge >= 0.3 is 19.2 Å². The molecule has 0 fully saturated rings. The number of aromatic nitrogens is 4. The molecule has 15 heteroatoms. The van der Waals surface area contributed by atoms with Gasteiger partial charge in [0.05, 0.1) is 13.2 Å². The van der Waals surface area contributed by atoms with Crippen LogP contribution in [0.2, 0.25) is 0 Å². The summed E-state index contributed by atoms with van der Waals surface area (Å²) in [4.78, 5) is 61.3. The Bertz CT molecular complexity index is 1350. The first-order valence-corrected chi connectivity index (χ1v) is 12.0. The Morgan fingerprint density at radius 2 is 1.23 bits per heavy atom. The number of H-pyrrole nitrogens is 2. The highest BCUT2D eigenvalue weighted by Gasteiger charge is 2.30. The van der Waals surface area contributed by atoms with Gasteiger partial charge in [-0.05, 0) is 26.0 Å². The van der Waals surface area contributed by atoms with E-state index in [9.17, 15) is 28.6 Å². The Morgan fingerprint density at radius 3 is 1.63 bits per heavy atom. The van der Waals surface area contributed by atoms with E-state index in [1.54, 1.807) is 38.2 Å². The molecule has 4 rings (SSSR count). The van der Waals surface area contributed by atoms with Crippen molar-refractivity contribution in [2.45, 2.75) is 38.5 Å². The molecule has 0 radical (unpaired) electrons. The average molecular weight is 510 g/mol. The van der Waals surface area contributed by atoms with Crippen LogP contribution in [-0.4, -0.2) is 49.4 Å². The second kappa shape index (κ2) is 9.85. The first-order chi connectivity index (χ1) is 16.5. The Labute approximate surface area is 196 Å². The van der Waals surface area contributed by atoms with E-state index in [1.165, 1.54) is 21.5 Å². The summed E-state index contributed by atoms with van der Waals surface area (Å²) >= 11 is 0.